The molecule has 0 bridgehead atoms. The molecule has 1 N–H and O–H groups in total. The molecule has 4 heteroatoms. The number of alkyl halides is 1. The molecule has 1 aromatic rings. The summed E-state index contributed by atoms with van der Waals surface area (Å²) in [5.74, 6) is -0.0719. The number of hydrogen-bond donors (Lipinski definition) is 1. The summed E-state index contributed by atoms with van der Waals surface area (Å²) in [6, 6.07) is 1.87. The third-order valence-corrected chi connectivity index (χ3v) is 1.20. The van der Waals surface area contributed by atoms with Crippen molar-refractivity contribution in [1.82, 2.24) is 4.98 Å². The molecule has 0 aliphatic rings. The highest BCUT2D eigenvalue weighted by molar-refractivity contribution is 5.88. The maximum absolute atomic E-state index is 10.6. The maximum Gasteiger partial charge on any atom is 0.221 e. The summed E-state index contributed by atoms with van der Waals surface area (Å²) in [6.07, 6.45) is 3.36. The van der Waals surface area contributed by atoms with E-state index in [0.29, 0.717) is 7.18 Å². The van der Waals surface area contributed by atoms with Crippen molar-refractivity contribution in [2.24, 2.45) is 0 Å². The summed E-state index contributed by atoms with van der Waals surface area (Å²) in [7, 11) is 0.500. The zero-order valence-electron chi connectivity index (χ0n) is 7.97. The molecule has 0 aromatic carbocycles. The molecule has 13 heavy (non-hydrogen) atoms. The molecule has 0 atom stereocenters. The molecule has 0 radical (unpaired) electrons. The van der Waals surface area contributed by atoms with E-state index in [2.05, 4.69) is 10.3 Å². The SMILES string of the molecule is CC(=O)Nc1cncc(C)c1.CF. The number of anilines is 1. The van der Waals surface area contributed by atoms with Gasteiger partial charge < -0.3 is 5.32 Å². The van der Waals surface area contributed by atoms with E-state index in [1.807, 2.05) is 13.0 Å². The molecule has 3 nitrogen and oxygen atoms in total. The van der Waals surface area contributed by atoms with Crippen LogP contribution in [0.25, 0.3) is 0 Å². The summed E-state index contributed by atoms with van der Waals surface area (Å²) in [5.41, 5.74) is 1.79. The van der Waals surface area contributed by atoms with Gasteiger partial charge in [-0.1, -0.05) is 0 Å². The average Bonchev–Trinajstić information content (AvgIpc) is 2.06. The molecular formula is C9H13FN2O. The number of pyridine rings is 1. The van der Waals surface area contributed by atoms with Crippen LogP contribution in [0, 0.1) is 6.92 Å². The van der Waals surface area contributed by atoms with Crippen LogP contribution in [0.3, 0.4) is 0 Å². The minimum atomic E-state index is -0.0719. The maximum atomic E-state index is 10.6. The predicted molar refractivity (Wildman–Crippen MR) is 50.3 cm³/mol. The minimum Gasteiger partial charge on any atom is -0.325 e. The van der Waals surface area contributed by atoms with E-state index in [4.69, 9.17) is 0 Å². The Morgan fingerprint density at radius 1 is 1.46 bits per heavy atom. The predicted octanol–water partition coefficient (Wildman–Crippen LogP) is 1.93. The van der Waals surface area contributed by atoms with Crippen molar-refractivity contribution in [2.45, 2.75) is 13.8 Å². The first-order valence-electron chi connectivity index (χ1n) is 3.75. The van der Waals surface area contributed by atoms with Gasteiger partial charge in [-0.3, -0.25) is 14.2 Å². The van der Waals surface area contributed by atoms with Crippen LogP contribution < -0.4 is 5.32 Å². The molecule has 1 aromatic heterocycles. The van der Waals surface area contributed by atoms with Gasteiger partial charge in [-0.15, -0.1) is 0 Å². The quantitative estimate of drug-likeness (QED) is 0.724. The molecule has 0 aliphatic heterocycles. The van der Waals surface area contributed by atoms with Crippen LogP contribution in [0.1, 0.15) is 12.5 Å². The van der Waals surface area contributed by atoms with Crippen molar-refractivity contribution in [2.75, 3.05) is 12.5 Å². The average molecular weight is 184 g/mol. The van der Waals surface area contributed by atoms with E-state index >= 15 is 0 Å². The summed E-state index contributed by atoms with van der Waals surface area (Å²) in [5, 5.41) is 2.64. The fourth-order valence-corrected chi connectivity index (χ4v) is 0.827. The third-order valence-electron chi connectivity index (χ3n) is 1.20. The molecule has 1 rings (SSSR count). The van der Waals surface area contributed by atoms with E-state index < -0.39 is 0 Å². The first-order chi connectivity index (χ1) is 6.18. The van der Waals surface area contributed by atoms with Gasteiger partial charge in [-0.05, 0) is 18.6 Å². The highest BCUT2D eigenvalue weighted by atomic mass is 19.1. The number of carbonyl (C=O) groups excluding carboxylic acids is 1. The number of nitrogens with one attached hydrogen (secondary N) is 1. The molecular weight excluding hydrogens is 171 g/mol. The van der Waals surface area contributed by atoms with Gasteiger partial charge >= 0.3 is 0 Å². The van der Waals surface area contributed by atoms with Crippen molar-refractivity contribution in [3.05, 3.63) is 24.0 Å². The van der Waals surface area contributed by atoms with E-state index in [1.54, 1.807) is 12.4 Å². The van der Waals surface area contributed by atoms with Crippen molar-refractivity contribution < 1.29 is 9.18 Å². The van der Waals surface area contributed by atoms with Gasteiger partial charge in [-0.2, -0.15) is 0 Å². The van der Waals surface area contributed by atoms with Crippen LogP contribution in [-0.4, -0.2) is 18.1 Å². The fraction of sp³-hybridized carbons (Fsp3) is 0.333. The lowest BCUT2D eigenvalue weighted by molar-refractivity contribution is -0.114. The summed E-state index contributed by atoms with van der Waals surface area (Å²) in [6.45, 7) is 3.40. The van der Waals surface area contributed by atoms with Gasteiger partial charge in [0.15, 0.2) is 0 Å². The minimum absolute atomic E-state index is 0.0719. The van der Waals surface area contributed by atoms with Gasteiger partial charge in [0.2, 0.25) is 5.91 Å². The first kappa shape index (κ1) is 11.6. The van der Waals surface area contributed by atoms with Crippen LogP contribution in [-0.2, 0) is 4.79 Å². The van der Waals surface area contributed by atoms with E-state index in [9.17, 15) is 9.18 Å². The second kappa shape index (κ2) is 6.11. The number of aryl methyl sites for hydroxylation is 1. The van der Waals surface area contributed by atoms with Crippen LogP contribution >= 0.6 is 0 Å². The highest BCUT2D eigenvalue weighted by Gasteiger charge is 1.94. The third kappa shape index (κ3) is 4.90. The Hall–Kier alpha value is -1.45. The van der Waals surface area contributed by atoms with E-state index in [1.165, 1.54) is 6.92 Å². The van der Waals surface area contributed by atoms with Crippen LogP contribution in [0.2, 0.25) is 0 Å². The highest BCUT2D eigenvalue weighted by Crippen LogP contribution is 2.06. The Balaban J connectivity index is 0.000000671. The van der Waals surface area contributed by atoms with Gasteiger partial charge in [0.1, 0.15) is 0 Å². The van der Waals surface area contributed by atoms with Crippen molar-refractivity contribution in [1.29, 1.82) is 0 Å². The Morgan fingerprint density at radius 2 is 2.08 bits per heavy atom. The smallest absolute Gasteiger partial charge is 0.221 e. The lowest BCUT2D eigenvalue weighted by atomic mass is 10.3. The van der Waals surface area contributed by atoms with Crippen molar-refractivity contribution >= 4 is 11.6 Å². The number of carbonyl (C=O) groups is 1. The van der Waals surface area contributed by atoms with Gasteiger partial charge in [0.05, 0.1) is 19.1 Å². The summed E-state index contributed by atoms with van der Waals surface area (Å²) in [4.78, 5) is 14.5. The standard InChI is InChI=1S/C8H10N2O.CH3F/c1-6-3-8(5-9-4-6)10-7(2)11;1-2/h3-5H,1-2H3,(H,10,11);1H3. The summed E-state index contributed by atoms with van der Waals surface area (Å²) < 4.78 is 9.50. The normalized spacial score (nSPS) is 8.31. The van der Waals surface area contributed by atoms with E-state index in [-0.39, 0.29) is 5.91 Å². The Morgan fingerprint density at radius 3 is 2.54 bits per heavy atom. The number of amides is 1. The summed E-state index contributed by atoms with van der Waals surface area (Å²) >= 11 is 0. The topological polar surface area (TPSA) is 42.0 Å². The van der Waals surface area contributed by atoms with Crippen molar-refractivity contribution in [3.8, 4) is 0 Å². The molecule has 0 saturated heterocycles. The number of nitrogens with zero attached hydrogens (tertiary/aromatic N) is 1. The van der Waals surface area contributed by atoms with Crippen LogP contribution in [0.15, 0.2) is 18.5 Å². The zero-order valence-corrected chi connectivity index (χ0v) is 7.97. The lowest BCUT2D eigenvalue weighted by Gasteiger charge is -2.00. The number of halogens is 1. The number of aromatic nitrogens is 1. The van der Waals surface area contributed by atoms with Crippen LogP contribution in [0.4, 0.5) is 10.1 Å². The lowest BCUT2D eigenvalue weighted by Crippen LogP contribution is -2.05. The second-order valence-corrected chi connectivity index (χ2v) is 2.43. The molecule has 1 heterocycles. The number of hydrogen-bond acceptors (Lipinski definition) is 2. The van der Waals surface area contributed by atoms with E-state index in [0.717, 1.165) is 11.3 Å². The fourth-order valence-electron chi connectivity index (χ4n) is 0.827. The second-order valence-electron chi connectivity index (χ2n) is 2.43. The van der Waals surface area contributed by atoms with Crippen LogP contribution in [0.5, 0.6) is 0 Å². The van der Waals surface area contributed by atoms with Gasteiger partial charge in [0, 0.05) is 13.1 Å². The molecule has 0 spiro atoms. The molecule has 0 saturated carbocycles. The molecule has 0 fully saturated rings. The van der Waals surface area contributed by atoms with Gasteiger partial charge in [-0.25, -0.2) is 0 Å². The number of rotatable bonds is 1. The molecule has 72 valence electrons. The zero-order chi connectivity index (χ0) is 10.3. The Bertz CT molecular complexity index is 276. The first-order valence-corrected chi connectivity index (χ1v) is 3.75. The molecule has 0 unspecified atom stereocenters. The van der Waals surface area contributed by atoms with Gasteiger partial charge in [0.25, 0.3) is 0 Å². The monoisotopic (exact) mass is 184 g/mol. The molecule has 0 aliphatic carbocycles. The molecule has 1 amide bonds. The van der Waals surface area contributed by atoms with Crippen molar-refractivity contribution in [3.63, 3.8) is 0 Å². The Labute approximate surface area is 77.0 Å². The Kier molecular flexibility index (Phi) is 5.43. The largest absolute Gasteiger partial charge is 0.325 e.